The molecule has 0 atom stereocenters. The fraction of sp³-hybridized carbons (Fsp3) is 0.444. The molecule has 10 heteroatoms. The van der Waals surface area contributed by atoms with Crippen molar-refractivity contribution in [3.05, 3.63) is 22.8 Å². The van der Waals surface area contributed by atoms with Gasteiger partial charge in [0.15, 0.2) is 0 Å². The Balaban J connectivity index is 3.04. The van der Waals surface area contributed by atoms with Crippen LogP contribution in [-0.4, -0.2) is 23.4 Å². The SMILES string of the molecule is NCc1cc(OC(C(F)(F)F)C(F)(F)F)ncc1Cl. The van der Waals surface area contributed by atoms with Crippen molar-refractivity contribution >= 4 is 11.6 Å². The van der Waals surface area contributed by atoms with Gasteiger partial charge in [-0.05, 0) is 5.56 Å². The van der Waals surface area contributed by atoms with Crippen LogP contribution in [0.5, 0.6) is 5.88 Å². The average molecular weight is 309 g/mol. The van der Waals surface area contributed by atoms with Gasteiger partial charge in [-0.1, -0.05) is 11.6 Å². The maximum absolute atomic E-state index is 12.2. The highest BCUT2D eigenvalue weighted by molar-refractivity contribution is 6.31. The Labute approximate surface area is 108 Å². The Bertz CT molecular complexity index is 433. The van der Waals surface area contributed by atoms with E-state index in [1.807, 2.05) is 0 Å². The van der Waals surface area contributed by atoms with Crippen LogP contribution in [0, 0.1) is 0 Å². The van der Waals surface area contributed by atoms with Crippen LogP contribution >= 0.6 is 11.6 Å². The first-order valence-electron chi connectivity index (χ1n) is 4.70. The quantitative estimate of drug-likeness (QED) is 0.873. The second-order valence-corrected chi connectivity index (χ2v) is 3.81. The highest BCUT2D eigenvalue weighted by atomic mass is 35.5. The molecule has 0 radical (unpaired) electrons. The first-order valence-corrected chi connectivity index (χ1v) is 5.08. The number of hydrogen-bond acceptors (Lipinski definition) is 3. The lowest BCUT2D eigenvalue weighted by Crippen LogP contribution is -2.46. The summed E-state index contributed by atoms with van der Waals surface area (Å²) in [6, 6.07) is 0.826. The van der Waals surface area contributed by atoms with Gasteiger partial charge in [0, 0.05) is 18.8 Å². The standard InChI is InChI=1S/C9H7ClF6N2O/c10-5-3-18-6(1-4(5)2-17)19-7(8(11,12)13)9(14,15)16/h1,3,7H,2,17H2. The van der Waals surface area contributed by atoms with Gasteiger partial charge in [-0.25, -0.2) is 4.98 Å². The summed E-state index contributed by atoms with van der Waals surface area (Å²) in [7, 11) is 0. The van der Waals surface area contributed by atoms with Crippen molar-refractivity contribution in [3.63, 3.8) is 0 Å². The molecule has 0 aliphatic heterocycles. The van der Waals surface area contributed by atoms with Crippen molar-refractivity contribution < 1.29 is 31.1 Å². The van der Waals surface area contributed by atoms with Crippen LogP contribution in [0.3, 0.4) is 0 Å². The molecule has 19 heavy (non-hydrogen) atoms. The second kappa shape index (κ2) is 5.41. The molecular weight excluding hydrogens is 302 g/mol. The molecule has 0 saturated heterocycles. The Kier molecular flexibility index (Phi) is 4.51. The molecule has 1 rings (SSSR count). The van der Waals surface area contributed by atoms with E-state index < -0.39 is 24.3 Å². The first kappa shape index (κ1) is 15.8. The molecule has 0 amide bonds. The molecule has 0 aromatic carbocycles. The molecule has 0 saturated carbocycles. The topological polar surface area (TPSA) is 48.1 Å². The summed E-state index contributed by atoms with van der Waals surface area (Å²) in [5, 5.41) is 0.0189. The average Bonchev–Trinajstić information content (AvgIpc) is 2.24. The molecule has 0 aliphatic carbocycles. The highest BCUT2D eigenvalue weighted by Gasteiger charge is 2.59. The summed E-state index contributed by atoms with van der Waals surface area (Å²) in [5.74, 6) is -0.857. The van der Waals surface area contributed by atoms with Crippen molar-refractivity contribution in [3.8, 4) is 5.88 Å². The third kappa shape index (κ3) is 4.13. The Morgan fingerprint density at radius 2 is 1.74 bits per heavy atom. The van der Waals surface area contributed by atoms with E-state index in [2.05, 4.69) is 9.72 Å². The first-order chi connectivity index (χ1) is 8.55. The number of rotatable bonds is 3. The molecule has 108 valence electrons. The lowest BCUT2D eigenvalue weighted by atomic mass is 10.2. The predicted octanol–water partition coefficient (Wildman–Crippen LogP) is 3.07. The molecule has 3 nitrogen and oxygen atoms in total. The summed E-state index contributed by atoms with van der Waals surface area (Å²) < 4.78 is 77.3. The maximum atomic E-state index is 12.2. The van der Waals surface area contributed by atoms with E-state index in [1.54, 1.807) is 0 Å². The van der Waals surface area contributed by atoms with Crippen LogP contribution in [0.25, 0.3) is 0 Å². The number of nitrogens with zero attached hydrogens (tertiary/aromatic N) is 1. The van der Waals surface area contributed by atoms with Crippen molar-refractivity contribution in [2.75, 3.05) is 0 Å². The summed E-state index contributed by atoms with van der Waals surface area (Å²) in [6.07, 6.45) is -14.3. The fourth-order valence-electron chi connectivity index (χ4n) is 1.12. The molecule has 0 unspecified atom stereocenters. The molecule has 0 spiro atoms. The van der Waals surface area contributed by atoms with Crippen molar-refractivity contribution in [1.82, 2.24) is 4.98 Å². The van der Waals surface area contributed by atoms with Crippen molar-refractivity contribution in [1.29, 1.82) is 0 Å². The minimum absolute atomic E-state index is 0.0189. The number of pyridine rings is 1. The molecule has 0 bridgehead atoms. The van der Waals surface area contributed by atoms with Crippen LogP contribution in [-0.2, 0) is 6.54 Å². The van der Waals surface area contributed by atoms with Crippen LogP contribution in [0.1, 0.15) is 5.56 Å². The molecule has 0 aliphatic rings. The van der Waals surface area contributed by atoms with Gasteiger partial charge in [0.1, 0.15) is 0 Å². The lowest BCUT2D eigenvalue weighted by Gasteiger charge is -2.23. The summed E-state index contributed by atoms with van der Waals surface area (Å²) >= 11 is 5.57. The van der Waals surface area contributed by atoms with Crippen LogP contribution in [0.4, 0.5) is 26.3 Å². The third-order valence-electron chi connectivity index (χ3n) is 1.96. The minimum Gasteiger partial charge on any atom is -0.455 e. The number of halogens is 7. The smallest absolute Gasteiger partial charge is 0.434 e. The monoisotopic (exact) mass is 308 g/mol. The van der Waals surface area contributed by atoms with Gasteiger partial charge in [-0.3, -0.25) is 0 Å². The molecule has 1 heterocycles. The summed E-state index contributed by atoms with van der Waals surface area (Å²) in [4.78, 5) is 3.24. The minimum atomic E-state index is -5.61. The van der Waals surface area contributed by atoms with E-state index in [9.17, 15) is 26.3 Å². The zero-order chi connectivity index (χ0) is 14.8. The molecule has 2 N–H and O–H groups in total. The van der Waals surface area contributed by atoms with Crippen molar-refractivity contribution in [2.24, 2.45) is 5.73 Å². The van der Waals surface area contributed by atoms with Crippen LogP contribution in [0.15, 0.2) is 12.3 Å². The Hall–Kier alpha value is -1.22. The van der Waals surface area contributed by atoms with Gasteiger partial charge in [-0.15, -0.1) is 0 Å². The Morgan fingerprint density at radius 3 is 2.16 bits per heavy atom. The maximum Gasteiger partial charge on any atom is 0.434 e. The number of ether oxygens (including phenoxy) is 1. The van der Waals surface area contributed by atoms with E-state index in [0.717, 1.165) is 12.3 Å². The number of hydrogen-bond donors (Lipinski definition) is 1. The largest absolute Gasteiger partial charge is 0.455 e. The molecule has 0 fully saturated rings. The van der Waals surface area contributed by atoms with Gasteiger partial charge in [-0.2, -0.15) is 26.3 Å². The highest BCUT2D eigenvalue weighted by Crippen LogP contribution is 2.36. The fourth-order valence-corrected chi connectivity index (χ4v) is 1.30. The van der Waals surface area contributed by atoms with Gasteiger partial charge in [0.2, 0.25) is 5.88 Å². The molecular formula is C9H7ClF6N2O. The molecule has 1 aromatic rings. The van der Waals surface area contributed by atoms with E-state index >= 15 is 0 Å². The van der Waals surface area contributed by atoms with Crippen LogP contribution in [0.2, 0.25) is 5.02 Å². The second-order valence-electron chi connectivity index (χ2n) is 3.40. The number of aromatic nitrogens is 1. The number of nitrogens with two attached hydrogens (primary N) is 1. The lowest BCUT2D eigenvalue weighted by molar-refractivity contribution is -0.300. The predicted molar refractivity (Wildman–Crippen MR) is 53.7 cm³/mol. The van der Waals surface area contributed by atoms with E-state index in [0.29, 0.717) is 0 Å². The molecule has 1 aromatic heterocycles. The number of alkyl halides is 6. The normalized spacial score (nSPS) is 12.9. The van der Waals surface area contributed by atoms with Crippen molar-refractivity contribution in [2.45, 2.75) is 25.0 Å². The van der Waals surface area contributed by atoms with Gasteiger partial charge >= 0.3 is 12.4 Å². The van der Waals surface area contributed by atoms with Crippen LogP contribution < -0.4 is 10.5 Å². The van der Waals surface area contributed by atoms with E-state index in [1.165, 1.54) is 0 Å². The van der Waals surface area contributed by atoms with E-state index in [4.69, 9.17) is 17.3 Å². The summed E-state index contributed by atoms with van der Waals surface area (Å²) in [6.45, 7) is -0.180. The zero-order valence-electron chi connectivity index (χ0n) is 9.02. The van der Waals surface area contributed by atoms with Gasteiger partial charge < -0.3 is 10.5 Å². The van der Waals surface area contributed by atoms with E-state index in [-0.39, 0.29) is 17.1 Å². The summed E-state index contributed by atoms with van der Waals surface area (Å²) in [5.41, 5.74) is 5.33. The Morgan fingerprint density at radius 1 is 1.21 bits per heavy atom. The van der Waals surface area contributed by atoms with Gasteiger partial charge in [0.05, 0.1) is 5.02 Å². The van der Waals surface area contributed by atoms with Gasteiger partial charge in [0.25, 0.3) is 6.10 Å². The zero-order valence-corrected chi connectivity index (χ0v) is 9.77. The third-order valence-corrected chi connectivity index (χ3v) is 2.30.